The Kier molecular flexibility index (Phi) is 6.16. The third kappa shape index (κ3) is 4.61. The van der Waals surface area contributed by atoms with Gasteiger partial charge in [-0.2, -0.15) is 0 Å². The number of halogens is 1. The van der Waals surface area contributed by atoms with E-state index in [0.717, 1.165) is 17.9 Å². The molecular weight excluding hydrogens is 374 g/mol. The van der Waals surface area contributed by atoms with Gasteiger partial charge in [-0.05, 0) is 36.2 Å². The van der Waals surface area contributed by atoms with E-state index in [1.165, 1.54) is 12.7 Å². The van der Waals surface area contributed by atoms with Crippen molar-refractivity contribution in [1.29, 1.82) is 0 Å². The van der Waals surface area contributed by atoms with Crippen molar-refractivity contribution in [2.45, 2.75) is 13.5 Å². The maximum Gasteiger partial charge on any atom is 0.257 e. The quantitative estimate of drug-likeness (QED) is 0.642. The van der Waals surface area contributed by atoms with E-state index in [1.54, 1.807) is 24.4 Å². The summed E-state index contributed by atoms with van der Waals surface area (Å²) in [7, 11) is 3.51. The fraction of sp³-hybridized carbons (Fsp3) is 0.182. The van der Waals surface area contributed by atoms with E-state index in [2.05, 4.69) is 22.4 Å². The van der Waals surface area contributed by atoms with E-state index >= 15 is 0 Å². The number of amides is 1. The predicted molar refractivity (Wildman–Crippen MR) is 113 cm³/mol. The number of nitrogens with one attached hydrogen (secondary N) is 1. The van der Waals surface area contributed by atoms with Crippen LogP contribution >= 0.6 is 11.6 Å². The van der Waals surface area contributed by atoms with Crippen LogP contribution in [0.25, 0.3) is 0 Å². The average Bonchev–Trinajstić information content (AvgIpc) is 2.71. The molecule has 0 unspecified atom stereocenters. The van der Waals surface area contributed by atoms with Crippen molar-refractivity contribution in [2.75, 3.05) is 24.4 Å². The van der Waals surface area contributed by atoms with Crippen LogP contribution < -0.4 is 15.0 Å². The average molecular weight is 396 g/mol. The zero-order chi connectivity index (χ0) is 20.1. The highest BCUT2D eigenvalue weighted by atomic mass is 35.5. The first-order valence-corrected chi connectivity index (χ1v) is 9.22. The summed E-state index contributed by atoms with van der Waals surface area (Å²) in [6.45, 7) is 2.61. The van der Waals surface area contributed by atoms with Gasteiger partial charge in [-0.15, -0.1) is 0 Å². The Hall–Kier alpha value is -3.05. The Morgan fingerprint density at radius 2 is 1.93 bits per heavy atom. The maximum absolute atomic E-state index is 12.6. The van der Waals surface area contributed by atoms with E-state index in [-0.39, 0.29) is 5.91 Å². The van der Waals surface area contributed by atoms with Gasteiger partial charge in [0, 0.05) is 30.9 Å². The number of carbonyl (C=O) groups is 1. The summed E-state index contributed by atoms with van der Waals surface area (Å²) in [4.78, 5) is 19.1. The van der Waals surface area contributed by atoms with Gasteiger partial charge in [0.1, 0.15) is 11.6 Å². The number of aromatic nitrogens is 1. The van der Waals surface area contributed by atoms with Crippen molar-refractivity contribution >= 4 is 29.0 Å². The van der Waals surface area contributed by atoms with Crippen LogP contribution in [0.15, 0.2) is 60.8 Å². The van der Waals surface area contributed by atoms with E-state index in [4.69, 9.17) is 16.3 Å². The van der Waals surface area contributed by atoms with Gasteiger partial charge >= 0.3 is 0 Å². The molecule has 0 saturated carbocycles. The normalized spacial score (nSPS) is 10.4. The van der Waals surface area contributed by atoms with Crippen molar-refractivity contribution in [3.8, 4) is 5.75 Å². The molecule has 28 heavy (non-hydrogen) atoms. The Balaban J connectivity index is 1.71. The second-order valence-corrected chi connectivity index (χ2v) is 6.91. The largest absolute Gasteiger partial charge is 0.495 e. The van der Waals surface area contributed by atoms with Crippen LogP contribution in [0.2, 0.25) is 5.02 Å². The standard InChI is InChI=1S/C22H22ClN3O2/c1-15-11-19(20(28-3)12-18(15)23)25-22(27)17-9-10-21(24-13-17)26(2)14-16-7-5-4-6-8-16/h4-13H,14H2,1-3H3,(H,25,27). The minimum Gasteiger partial charge on any atom is -0.495 e. The van der Waals surface area contributed by atoms with Crippen LogP contribution in [0, 0.1) is 6.92 Å². The molecule has 6 heteroatoms. The molecule has 1 amide bonds. The monoisotopic (exact) mass is 395 g/mol. The molecular formula is C22H22ClN3O2. The fourth-order valence-corrected chi connectivity index (χ4v) is 2.96. The molecule has 1 N–H and O–H groups in total. The Morgan fingerprint density at radius 3 is 2.57 bits per heavy atom. The number of carbonyl (C=O) groups excluding carboxylic acids is 1. The minimum atomic E-state index is -0.259. The van der Waals surface area contributed by atoms with Gasteiger partial charge in [0.2, 0.25) is 0 Å². The number of hydrogen-bond acceptors (Lipinski definition) is 4. The highest BCUT2D eigenvalue weighted by Gasteiger charge is 2.13. The van der Waals surface area contributed by atoms with Crippen molar-refractivity contribution in [2.24, 2.45) is 0 Å². The molecule has 1 heterocycles. The number of aryl methyl sites for hydroxylation is 1. The number of nitrogens with zero attached hydrogens (tertiary/aromatic N) is 2. The van der Waals surface area contributed by atoms with Gasteiger partial charge in [0.05, 0.1) is 18.4 Å². The lowest BCUT2D eigenvalue weighted by molar-refractivity contribution is 0.102. The van der Waals surface area contributed by atoms with Gasteiger partial charge in [-0.1, -0.05) is 41.9 Å². The zero-order valence-corrected chi connectivity index (χ0v) is 16.8. The van der Waals surface area contributed by atoms with Crippen LogP contribution in [0.4, 0.5) is 11.5 Å². The van der Waals surface area contributed by atoms with Crippen molar-refractivity contribution in [3.05, 3.63) is 82.5 Å². The minimum absolute atomic E-state index is 0.259. The van der Waals surface area contributed by atoms with Crippen LogP contribution in [0.3, 0.4) is 0 Å². The molecule has 0 bridgehead atoms. The lowest BCUT2D eigenvalue weighted by Crippen LogP contribution is -2.18. The summed E-state index contributed by atoms with van der Waals surface area (Å²) >= 11 is 6.12. The molecule has 0 spiro atoms. The summed E-state index contributed by atoms with van der Waals surface area (Å²) in [5, 5.41) is 3.44. The van der Waals surface area contributed by atoms with E-state index < -0.39 is 0 Å². The molecule has 2 aromatic carbocycles. The second-order valence-electron chi connectivity index (χ2n) is 6.50. The van der Waals surface area contributed by atoms with Gasteiger partial charge in [0.15, 0.2) is 0 Å². The van der Waals surface area contributed by atoms with E-state index in [9.17, 15) is 4.79 Å². The van der Waals surface area contributed by atoms with Crippen molar-refractivity contribution in [3.63, 3.8) is 0 Å². The maximum atomic E-state index is 12.6. The number of rotatable bonds is 6. The molecule has 0 aliphatic heterocycles. The van der Waals surface area contributed by atoms with Gasteiger partial charge < -0.3 is 15.0 Å². The SMILES string of the molecule is COc1cc(Cl)c(C)cc1NC(=O)c1ccc(N(C)Cc2ccccc2)nc1. The highest BCUT2D eigenvalue weighted by molar-refractivity contribution is 6.31. The number of hydrogen-bond donors (Lipinski definition) is 1. The van der Waals surface area contributed by atoms with Crippen molar-refractivity contribution < 1.29 is 9.53 Å². The number of ether oxygens (including phenoxy) is 1. The topological polar surface area (TPSA) is 54.5 Å². The number of anilines is 2. The van der Waals surface area contributed by atoms with Gasteiger partial charge in [0.25, 0.3) is 5.91 Å². The Morgan fingerprint density at radius 1 is 1.18 bits per heavy atom. The first kappa shape index (κ1) is 19.7. The third-order valence-corrected chi connectivity index (χ3v) is 4.80. The fourth-order valence-electron chi connectivity index (χ4n) is 2.81. The molecule has 3 aromatic rings. The van der Waals surface area contributed by atoms with E-state index in [0.29, 0.717) is 22.0 Å². The number of methoxy groups -OCH3 is 1. The smallest absolute Gasteiger partial charge is 0.257 e. The molecule has 0 aliphatic carbocycles. The van der Waals surface area contributed by atoms with Gasteiger partial charge in [-0.3, -0.25) is 4.79 Å². The predicted octanol–water partition coefficient (Wildman–Crippen LogP) is 4.94. The van der Waals surface area contributed by atoms with Crippen LogP contribution in [-0.4, -0.2) is 25.0 Å². The summed E-state index contributed by atoms with van der Waals surface area (Å²) in [5.41, 5.74) is 3.08. The Bertz CT molecular complexity index is 960. The first-order valence-electron chi connectivity index (χ1n) is 8.84. The molecule has 144 valence electrons. The second kappa shape index (κ2) is 8.76. The van der Waals surface area contributed by atoms with Crippen LogP contribution in [0.5, 0.6) is 5.75 Å². The molecule has 0 fully saturated rings. The van der Waals surface area contributed by atoms with Crippen LogP contribution in [-0.2, 0) is 6.54 Å². The molecule has 0 aliphatic rings. The summed E-state index contributed by atoms with van der Waals surface area (Å²) < 4.78 is 5.30. The van der Waals surface area contributed by atoms with Gasteiger partial charge in [-0.25, -0.2) is 4.98 Å². The molecule has 0 atom stereocenters. The first-order chi connectivity index (χ1) is 13.5. The molecule has 1 aromatic heterocycles. The third-order valence-electron chi connectivity index (χ3n) is 4.39. The summed E-state index contributed by atoms with van der Waals surface area (Å²) in [5.74, 6) is 1.04. The number of pyridine rings is 1. The van der Waals surface area contributed by atoms with Crippen LogP contribution in [0.1, 0.15) is 21.5 Å². The lowest BCUT2D eigenvalue weighted by Gasteiger charge is -2.18. The summed E-state index contributed by atoms with van der Waals surface area (Å²) in [6.07, 6.45) is 1.57. The molecule has 3 rings (SSSR count). The lowest BCUT2D eigenvalue weighted by atomic mass is 10.2. The van der Waals surface area contributed by atoms with Crippen molar-refractivity contribution in [1.82, 2.24) is 4.98 Å². The highest BCUT2D eigenvalue weighted by Crippen LogP contribution is 2.31. The van der Waals surface area contributed by atoms with E-state index in [1.807, 2.05) is 43.1 Å². The Labute approximate surface area is 169 Å². The number of benzene rings is 2. The molecule has 0 radical (unpaired) electrons. The zero-order valence-electron chi connectivity index (χ0n) is 16.1. The summed E-state index contributed by atoms with van der Waals surface area (Å²) in [6, 6.07) is 17.2. The molecule has 0 saturated heterocycles. The molecule has 5 nitrogen and oxygen atoms in total.